The smallest absolute Gasteiger partial charge is 0.0393 e. The molecule has 3 aromatic rings. The number of allylic oxidation sites excluding steroid dienone is 1. The van der Waals surface area contributed by atoms with Crippen LogP contribution in [-0.2, 0) is 6.42 Å². The van der Waals surface area contributed by atoms with E-state index in [-0.39, 0.29) is 0 Å². The first-order valence-corrected chi connectivity index (χ1v) is 7.82. The number of hydrogen-bond donors (Lipinski definition) is 1. The summed E-state index contributed by atoms with van der Waals surface area (Å²) in [6, 6.07) is 21.3. The molecule has 0 amide bonds. The zero-order chi connectivity index (χ0) is 15.1. The Morgan fingerprint density at radius 3 is 2.45 bits per heavy atom. The fourth-order valence-electron chi connectivity index (χ4n) is 3.55. The molecule has 1 atom stereocenters. The largest absolute Gasteiger partial charge is 0.398 e. The van der Waals surface area contributed by atoms with E-state index in [1.54, 1.807) is 0 Å². The zero-order valence-electron chi connectivity index (χ0n) is 12.7. The molecule has 0 fully saturated rings. The Balaban J connectivity index is 2.01. The van der Waals surface area contributed by atoms with Crippen LogP contribution >= 0.6 is 0 Å². The fraction of sp³-hybridized carbons (Fsp3) is 0.143. The van der Waals surface area contributed by atoms with Crippen molar-refractivity contribution in [3.8, 4) is 0 Å². The van der Waals surface area contributed by atoms with Gasteiger partial charge in [0.25, 0.3) is 0 Å². The lowest BCUT2D eigenvalue weighted by Crippen LogP contribution is -2.08. The van der Waals surface area contributed by atoms with Gasteiger partial charge in [0.15, 0.2) is 0 Å². The van der Waals surface area contributed by atoms with Gasteiger partial charge in [-0.15, -0.1) is 0 Å². The van der Waals surface area contributed by atoms with E-state index in [9.17, 15) is 0 Å². The van der Waals surface area contributed by atoms with Gasteiger partial charge < -0.3 is 5.73 Å². The third-order valence-corrected chi connectivity index (χ3v) is 4.55. The highest BCUT2D eigenvalue weighted by Crippen LogP contribution is 2.37. The molecule has 0 saturated heterocycles. The van der Waals surface area contributed by atoms with Crippen LogP contribution in [0, 0.1) is 5.92 Å². The average Bonchev–Trinajstić information content (AvgIpc) is 2.54. The summed E-state index contributed by atoms with van der Waals surface area (Å²) in [7, 11) is 0. The molecule has 0 bridgehead atoms. The fourth-order valence-corrected chi connectivity index (χ4v) is 3.55. The van der Waals surface area contributed by atoms with Crippen LogP contribution in [-0.4, -0.2) is 0 Å². The predicted octanol–water partition coefficient (Wildman–Crippen LogP) is 5.05. The maximum Gasteiger partial charge on any atom is 0.0393 e. The van der Waals surface area contributed by atoms with Gasteiger partial charge in [-0.3, -0.25) is 0 Å². The van der Waals surface area contributed by atoms with Gasteiger partial charge in [-0.05, 0) is 46.1 Å². The van der Waals surface area contributed by atoms with Crippen molar-refractivity contribution >= 4 is 22.0 Å². The van der Waals surface area contributed by atoms with E-state index in [0.29, 0.717) is 5.92 Å². The topological polar surface area (TPSA) is 26.0 Å². The average molecular weight is 285 g/mol. The minimum Gasteiger partial charge on any atom is -0.398 e. The highest BCUT2D eigenvalue weighted by molar-refractivity contribution is 6.02. The molecule has 0 spiro atoms. The number of rotatable bonds is 1. The van der Waals surface area contributed by atoms with Gasteiger partial charge in [0.2, 0.25) is 0 Å². The molecule has 0 radical (unpaired) electrons. The zero-order valence-corrected chi connectivity index (χ0v) is 12.7. The van der Waals surface area contributed by atoms with E-state index in [4.69, 9.17) is 5.73 Å². The highest BCUT2D eigenvalue weighted by Gasteiger charge is 2.19. The Bertz CT molecular complexity index is 889. The van der Waals surface area contributed by atoms with Gasteiger partial charge in [-0.1, -0.05) is 67.6 Å². The molecular weight excluding hydrogens is 266 g/mol. The summed E-state index contributed by atoms with van der Waals surface area (Å²) in [4.78, 5) is 0. The Labute approximate surface area is 131 Å². The van der Waals surface area contributed by atoms with E-state index in [1.165, 1.54) is 27.6 Å². The molecule has 2 N–H and O–H groups in total. The molecule has 1 aliphatic rings. The number of fused-ring (bicyclic) bond motifs is 2. The van der Waals surface area contributed by atoms with Crippen LogP contribution in [0.15, 0.2) is 66.7 Å². The van der Waals surface area contributed by atoms with Gasteiger partial charge in [-0.25, -0.2) is 0 Å². The lowest BCUT2D eigenvalue weighted by Gasteiger charge is -2.23. The molecule has 0 aromatic heterocycles. The second-order valence-electron chi connectivity index (χ2n) is 6.17. The van der Waals surface area contributed by atoms with Gasteiger partial charge in [0.1, 0.15) is 0 Å². The molecule has 108 valence electrons. The molecule has 22 heavy (non-hydrogen) atoms. The van der Waals surface area contributed by atoms with E-state index in [2.05, 4.69) is 61.5 Å². The van der Waals surface area contributed by atoms with Crippen molar-refractivity contribution in [1.29, 1.82) is 0 Å². The lowest BCUT2D eigenvalue weighted by atomic mass is 9.81. The highest BCUT2D eigenvalue weighted by atomic mass is 14.5. The molecule has 0 aliphatic heterocycles. The molecule has 1 heteroatoms. The number of benzene rings is 3. The molecule has 4 rings (SSSR count). The molecule has 1 aliphatic carbocycles. The molecule has 0 heterocycles. The third-order valence-electron chi connectivity index (χ3n) is 4.55. The Hall–Kier alpha value is -2.54. The predicted molar refractivity (Wildman–Crippen MR) is 94.7 cm³/mol. The van der Waals surface area contributed by atoms with E-state index in [1.807, 2.05) is 12.1 Å². The summed E-state index contributed by atoms with van der Waals surface area (Å²) in [6.07, 6.45) is 3.52. The molecule has 1 unspecified atom stereocenters. The first-order chi connectivity index (χ1) is 10.7. The summed E-state index contributed by atoms with van der Waals surface area (Å²) >= 11 is 0. The van der Waals surface area contributed by atoms with Crippen molar-refractivity contribution < 1.29 is 0 Å². The second kappa shape index (κ2) is 5.03. The second-order valence-corrected chi connectivity index (χ2v) is 6.17. The van der Waals surface area contributed by atoms with Crippen molar-refractivity contribution in [2.24, 2.45) is 5.92 Å². The summed E-state index contributed by atoms with van der Waals surface area (Å²) in [6.45, 7) is 2.29. The normalized spacial score (nSPS) is 17.1. The van der Waals surface area contributed by atoms with Gasteiger partial charge in [0.05, 0.1) is 0 Å². The molecular formula is C21H19N. The van der Waals surface area contributed by atoms with Crippen LogP contribution in [0.2, 0.25) is 0 Å². The quantitative estimate of drug-likeness (QED) is 0.622. The van der Waals surface area contributed by atoms with Gasteiger partial charge in [0, 0.05) is 11.1 Å². The van der Waals surface area contributed by atoms with Crippen molar-refractivity contribution in [2.45, 2.75) is 13.3 Å². The minimum absolute atomic E-state index is 0.557. The van der Waals surface area contributed by atoms with E-state index < -0.39 is 0 Å². The molecule has 3 aromatic carbocycles. The van der Waals surface area contributed by atoms with E-state index in [0.717, 1.165) is 17.5 Å². The van der Waals surface area contributed by atoms with Gasteiger partial charge >= 0.3 is 0 Å². The van der Waals surface area contributed by atoms with Crippen molar-refractivity contribution in [2.75, 3.05) is 5.73 Å². The first-order valence-electron chi connectivity index (χ1n) is 7.82. The maximum absolute atomic E-state index is 6.16. The van der Waals surface area contributed by atoms with Crippen molar-refractivity contribution in [1.82, 2.24) is 0 Å². The molecule has 0 saturated carbocycles. The van der Waals surface area contributed by atoms with Crippen LogP contribution < -0.4 is 5.73 Å². The monoisotopic (exact) mass is 285 g/mol. The van der Waals surface area contributed by atoms with Crippen LogP contribution in [0.5, 0.6) is 0 Å². The van der Waals surface area contributed by atoms with Crippen molar-refractivity contribution in [3.05, 3.63) is 83.4 Å². The Morgan fingerprint density at radius 1 is 0.818 bits per heavy atom. The van der Waals surface area contributed by atoms with Crippen LogP contribution in [0.3, 0.4) is 0 Å². The number of hydrogen-bond acceptors (Lipinski definition) is 1. The lowest BCUT2D eigenvalue weighted by molar-refractivity contribution is 0.714. The van der Waals surface area contributed by atoms with Crippen LogP contribution in [0.25, 0.3) is 16.3 Å². The Kier molecular flexibility index (Phi) is 3.00. The Morgan fingerprint density at radius 2 is 1.55 bits per heavy atom. The number of nitrogen functional groups attached to an aromatic ring is 1. The number of nitrogens with two attached hydrogens (primary N) is 1. The SMILES string of the molecule is CC1C=C(c2cccc3c(N)cccc23)c2ccccc2C1. The maximum atomic E-state index is 6.16. The van der Waals surface area contributed by atoms with Gasteiger partial charge in [-0.2, -0.15) is 0 Å². The van der Waals surface area contributed by atoms with Crippen LogP contribution in [0.1, 0.15) is 23.6 Å². The van der Waals surface area contributed by atoms with Crippen molar-refractivity contribution in [3.63, 3.8) is 0 Å². The minimum atomic E-state index is 0.557. The first kappa shape index (κ1) is 13.1. The third kappa shape index (κ3) is 2.01. The summed E-state index contributed by atoms with van der Waals surface area (Å²) in [5, 5.41) is 2.37. The van der Waals surface area contributed by atoms with E-state index >= 15 is 0 Å². The molecule has 1 nitrogen and oxygen atoms in total. The standard InChI is InChI=1S/C21H19N/c1-14-12-15-6-2-3-7-16(15)20(13-14)18-8-4-10-19-17(18)9-5-11-21(19)22/h2-11,13-14H,12,22H2,1H3. The summed E-state index contributed by atoms with van der Waals surface area (Å²) < 4.78 is 0. The van der Waals surface area contributed by atoms with Crippen LogP contribution in [0.4, 0.5) is 5.69 Å². The summed E-state index contributed by atoms with van der Waals surface area (Å²) in [5.41, 5.74) is 12.4. The number of anilines is 1. The summed E-state index contributed by atoms with van der Waals surface area (Å²) in [5.74, 6) is 0.557.